The van der Waals surface area contributed by atoms with Crippen LogP contribution in [0.2, 0.25) is 0 Å². The third kappa shape index (κ3) is 7.45. The van der Waals surface area contributed by atoms with E-state index in [0.29, 0.717) is 18.0 Å². The molecule has 3 N–H and O–H groups in total. The Kier molecular flexibility index (Phi) is 9.86. The highest BCUT2D eigenvalue weighted by molar-refractivity contribution is 5.98. The molecule has 0 saturated heterocycles. The number of hydrogen-bond donors (Lipinski definition) is 2. The molecule has 136 valence electrons. The highest BCUT2D eigenvalue weighted by atomic mass is 35.5. The van der Waals surface area contributed by atoms with Gasteiger partial charge in [-0.15, -0.1) is 12.4 Å². The van der Waals surface area contributed by atoms with Crippen LogP contribution in [0.15, 0.2) is 24.3 Å². The van der Waals surface area contributed by atoms with E-state index >= 15 is 0 Å². The summed E-state index contributed by atoms with van der Waals surface area (Å²) in [7, 11) is 0. The Morgan fingerprint density at radius 1 is 1.17 bits per heavy atom. The number of rotatable bonds is 9. The van der Waals surface area contributed by atoms with Gasteiger partial charge in [0.05, 0.1) is 0 Å². The molecule has 1 rings (SSSR count). The van der Waals surface area contributed by atoms with E-state index in [4.69, 9.17) is 5.73 Å². The van der Waals surface area contributed by atoms with Gasteiger partial charge in [0.1, 0.15) is 0 Å². The van der Waals surface area contributed by atoms with Crippen LogP contribution in [-0.2, 0) is 11.2 Å². The normalized spacial score (nSPS) is 13.1. The van der Waals surface area contributed by atoms with Crippen LogP contribution >= 0.6 is 12.4 Å². The molecule has 1 unspecified atom stereocenters. The summed E-state index contributed by atoms with van der Waals surface area (Å²) < 4.78 is 0. The van der Waals surface area contributed by atoms with E-state index in [1.807, 2.05) is 31.2 Å². The lowest BCUT2D eigenvalue weighted by molar-refractivity contribution is -0.122. The van der Waals surface area contributed by atoms with Gasteiger partial charge < -0.3 is 11.1 Å². The number of carbonyl (C=O) groups is 2. The van der Waals surface area contributed by atoms with Gasteiger partial charge in [-0.3, -0.25) is 9.59 Å². The van der Waals surface area contributed by atoms with Gasteiger partial charge in [-0.1, -0.05) is 45.0 Å². The molecule has 0 spiro atoms. The Hall–Kier alpha value is -1.39. The molecule has 24 heavy (non-hydrogen) atoms. The number of halogens is 1. The number of Topliss-reactive ketones (excluding diaryl/α,β-unsaturated/α-hetero) is 1. The summed E-state index contributed by atoms with van der Waals surface area (Å²) >= 11 is 0. The molecule has 0 fully saturated rings. The average Bonchev–Trinajstić information content (AvgIpc) is 2.51. The van der Waals surface area contributed by atoms with E-state index in [1.165, 1.54) is 5.56 Å². The lowest BCUT2D eigenvalue weighted by atomic mass is 9.90. The van der Waals surface area contributed by atoms with Gasteiger partial charge in [0.25, 0.3) is 0 Å². The quantitative estimate of drug-likeness (QED) is 0.666. The summed E-state index contributed by atoms with van der Waals surface area (Å²) in [4.78, 5) is 24.3. The lowest BCUT2D eigenvalue weighted by Crippen LogP contribution is -2.52. The number of benzene rings is 1. The first kappa shape index (κ1) is 22.6. The van der Waals surface area contributed by atoms with E-state index in [1.54, 1.807) is 0 Å². The van der Waals surface area contributed by atoms with Crippen LogP contribution in [0.4, 0.5) is 0 Å². The first-order valence-electron chi connectivity index (χ1n) is 8.43. The van der Waals surface area contributed by atoms with Gasteiger partial charge >= 0.3 is 0 Å². The Balaban J connectivity index is 0.00000529. The largest absolute Gasteiger partial charge is 0.350 e. The fourth-order valence-electron chi connectivity index (χ4n) is 2.78. The minimum Gasteiger partial charge on any atom is -0.350 e. The van der Waals surface area contributed by atoms with E-state index in [-0.39, 0.29) is 36.9 Å². The van der Waals surface area contributed by atoms with Crippen LogP contribution in [0.5, 0.6) is 0 Å². The summed E-state index contributed by atoms with van der Waals surface area (Å²) in [6.07, 6.45) is 2.19. The maximum atomic E-state index is 12.2. The Morgan fingerprint density at radius 2 is 1.75 bits per heavy atom. The number of amides is 1. The number of hydrogen-bond acceptors (Lipinski definition) is 3. The molecule has 0 heterocycles. The molecule has 0 aromatic heterocycles. The third-order valence-corrected chi connectivity index (χ3v) is 4.01. The predicted molar refractivity (Wildman–Crippen MR) is 102 cm³/mol. The molecule has 5 heteroatoms. The Bertz CT molecular complexity index is 529. The smallest absolute Gasteiger partial charge is 0.220 e. The van der Waals surface area contributed by atoms with Crippen molar-refractivity contribution in [1.82, 2.24) is 5.32 Å². The molecule has 1 aromatic rings. The summed E-state index contributed by atoms with van der Waals surface area (Å²) in [5.41, 5.74) is 7.26. The Labute approximate surface area is 152 Å². The van der Waals surface area contributed by atoms with Crippen LogP contribution in [0.1, 0.15) is 62.9 Å². The van der Waals surface area contributed by atoms with Gasteiger partial charge in [0.15, 0.2) is 5.78 Å². The lowest BCUT2D eigenvalue weighted by Gasteiger charge is -2.31. The second-order valence-electron chi connectivity index (χ2n) is 6.88. The van der Waals surface area contributed by atoms with Crippen LogP contribution in [0.3, 0.4) is 0 Å². The molecule has 0 saturated carbocycles. The Morgan fingerprint density at radius 3 is 2.21 bits per heavy atom. The molecular weight excluding hydrogens is 324 g/mol. The van der Waals surface area contributed by atoms with Crippen LogP contribution in [0.25, 0.3) is 0 Å². The van der Waals surface area contributed by atoms with Crippen molar-refractivity contribution in [3.63, 3.8) is 0 Å². The van der Waals surface area contributed by atoms with E-state index in [0.717, 1.165) is 12.8 Å². The third-order valence-electron chi connectivity index (χ3n) is 4.01. The molecule has 4 nitrogen and oxygen atoms in total. The fraction of sp³-hybridized carbons (Fsp3) is 0.579. The van der Waals surface area contributed by atoms with Crippen molar-refractivity contribution in [1.29, 1.82) is 0 Å². The van der Waals surface area contributed by atoms with Gasteiger partial charge in [-0.05, 0) is 31.2 Å². The summed E-state index contributed by atoms with van der Waals surface area (Å²) in [5, 5.41) is 2.98. The number of ketones is 1. The topological polar surface area (TPSA) is 72.2 Å². The molecule has 0 aliphatic carbocycles. The fourth-order valence-corrected chi connectivity index (χ4v) is 2.78. The van der Waals surface area contributed by atoms with E-state index in [9.17, 15) is 9.59 Å². The van der Waals surface area contributed by atoms with Crippen molar-refractivity contribution in [2.75, 3.05) is 6.54 Å². The molecule has 0 aliphatic rings. The zero-order valence-corrected chi connectivity index (χ0v) is 16.0. The number of carbonyl (C=O) groups excluding carboxylic acids is 2. The summed E-state index contributed by atoms with van der Waals surface area (Å²) in [5.74, 6) is 0.334. The maximum absolute atomic E-state index is 12.2. The van der Waals surface area contributed by atoms with Gasteiger partial charge in [-0.25, -0.2) is 0 Å². The van der Waals surface area contributed by atoms with Crippen molar-refractivity contribution < 1.29 is 9.59 Å². The minimum atomic E-state index is -0.406. The molecule has 1 amide bonds. The maximum Gasteiger partial charge on any atom is 0.220 e. The second kappa shape index (κ2) is 10.5. The predicted octanol–water partition coefficient (Wildman–Crippen LogP) is 3.51. The molecule has 1 atom stereocenters. The number of aryl methyl sites for hydroxylation is 1. The molecule has 0 bridgehead atoms. The standard InChI is InChI=1S/C19H30N2O2.ClH/c1-5-15-6-8-16(9-7-15)17(22)10-11-18(23)21-19(4,13-20)12-14(2)3;/h6-9,14H,5,10-13,20H2,1-4H3,(H,21,23);1H. The van der Waals surface area contributed by atoms with Gasteiger partial charge in [0.2, 0.25) is 5.91 Å². The highest BCUT2D eigenvalue weighted by Gasteiger charge is 2.25. The van der Waals surface area contributed by atoms with E-state index < -0.39 is 5.54 Å². The van der Waals surface area contributed by atoms with Crippen molar-refractivity contribution in [3.05, 3.63) is 35.4 Å². The number of nitrogens with one attached hydrogen (secondary N) is 1. The zero-order chi connectivity index (χ0) is 17.5. The van der Waals surface area contributed by atoms with Crippen LogP contribution < -0.4 is 11.1 Å². The van der Waals surface area contributed by atoms with Crippen LogP contribution in [0, 0.1) is 5.92 Å². The summed E-state index contributed by atoms with van der Waals surface area (Å²) in [6, 6.07) is 7.59. The number of nitrogens with two attached hydrogens (primary N) is 1. The van der Waals surface area contributed by atoms with Gasteiger partial charge in [0, 0.05) is 30.5 Å². The monoisotopic (exact) mass is 354 g/mol. The van der Waals surface area contributed by atoms with Crippen molar-refractivity contribution >= 4 is 24.1 Å². The first-order valence-corrected chi connectivity index (χ1v) is 8.43. The average molecular weight is 355 g/mol. The van der Waals surface area contributed by atoms with Gasteiger partial charge in [-0.2, -0.15) is 0 Å². The molecule has 0 aliphatic heterocycles. The SMILES string of the molecule is CCc1ccc(C(=O)CCC(=O)NC(C)(CN)CC(C)C)cc1.Cl. The highest BCUT2D eigenvalue weighted by Crippen LogP contribution is 2.16. The minimum absolute atomic E-state index is 0. The molecular formula is C19H31ClN2O2. The second-order valence-corrected chi connectivity index (χ2v) is 6.88. The van der Waals surface area contributed by atoms with Crippen molar-refractivity contribution in [2.24, 2.45) is 11.7 Å². The molecule has 0 radical (unpaired) electrons. The van der Waals surface area contributed by atoms with Crippen LogP contribution in [-0.4, -0.2) is 23.8 Å². The summed E-state index contributed by atoms with van der Waals surface area (Å²) in [6.45, 7) is 8.62. The zero-order valence-electron chi connectivity index (χ0n) is 15.2. The molecule has 1 aromatic carbocycles. The first-order chi connectivity index (χ1) is 10.8. The van der Waals surface area contributed by atoms with E-state index in [2.05, 4.69) is 26.1 Å². The van der Waals surface area contributed by atoms with Crippen molar-refractivity contribution in [2.45, 2.75) is 58.9 Å². The van der Waals surface area contributed by atoms with Crippen molar-refractivity contribution in [3.8, 4) is 0 Å².